The average Bonchev–Trinajstić information content (AvgIpc) is 3.05. The summed E-state index contributed by atoms with van der Waals surface area (Å²) >= 11 is 0. The first-order chi connectivity index (χ1) is 14.6. The molecule has 0 aromatic heterocycles. The summed E-state index contributed by atoms with van der Waals surface area (Å²) in [6, 6.07) is 0. The van der Waals surface area contributed by atoms with Gasteiger partial charge in [-0.1, -0.05) is 59.0 Å². The van der Waals surface area contributed by atoms with Crippen molar-refractivity contribution in [3.8, 4) is 0 Å². The van der Waals surface area contributed by atoms with Gasteiger partial charge in [-0.15, -0.1) is 0 Å². The minimum absolute atomic E-state index is 0.293. The van der Waals surface area contributed by atoms with E-state index < -0.39 is 11.7 Å². The van der Waals surface area contributed by atoms with Gasteiger partial charge in [-0.25, -0.2) is 0 Å². The predicted octanol–water partition coefficient (Wildman–Crippen LogP) is 6.02. The van der Waals surface area contributed by atoms with Crippen LogP contribution in [0.2, 0.25) is 0 Å². The van der Waals surface area contributed by atoms with Gasteiger partial charge in [0.1, 0.15) is 5.60 Å². The summed E-state index contributed by atoms with van der Waals surface area (Å²) in [5.74, 6) is 3.98. The molecule has 31 heavy (non-hydrogen) atoms. The lowest BCUT2D eigenvalue weighted by molar-refractivity contribution is -0.170. The maximum atomic E-state index is 11.8. The second-order valence-electron chi connectivity index (χ2n) is 12.8. The lowest BCUT2D eigenvalue weighted by atomic mass is 9.42. The molecule has 0 aromatic carbocycles. The van der Waals surface area contributed by atoms with Crippen molar-refractivity contribution in [2.75, 3.05) is 0 Å². The zero-order valence-corrected chi connectivity index (χ0v) is 20.6. The minimum Gasteiger partial charge on any atom is -0.411 e. The molecule has 4 rings (SSSR count). The molecule has 4 saturated carbocycles. The molecular weight excluding hydrogens is 386 g/mol. The second-order valence-corrected chi connectivity index (χ2v) is 12.8. The SMILES string of the molecule is CC(C)CCC[C@@H](C)[C@H]1CC[C@H]2[C@@H]3C/C(=N/O)[C@]4(O)C[C@@H](O)CC[C@]4(C)[C@H]3CC[C@]12C. The van der Waals surface area contributed by atoms with Crippen LogP contribution in [0.15, 0.2) is 5.16 Å². The molecule has 9 atom stereocenters. The summed E-state index contributed by atoms with van der Waals surface area (Å²) in [6.07, 6.45) is 11.2. The summed E-state index contributed by atoms with van der Waals surface area (Å²) in [4.78, 5) is 0. The zero-order valence-electron chi connectivity index (χ0n) is 20.6. The Morgan fingerprint density at radius 1 is 1.00 bits per heavy atom. The normalized spacial score (nSPS) is 49.5. The molecule has 0 aliphatic heterocycles. The van der Waals surface area contributed by atoms with Crippen molar-refractivity contribution in [3.05, 3.63) is 0 Å². The molecule has 0 spiro atoms. The van der Waals surface area contributed by atoms with Gasteiger partial charge < -0.3 is 15.4 Å². The number of nitrogens with zero attached hydrogens (tertiary/aromatic N) is 1. The quantitative estimate of drug-likeness (QED) is 0.366. The molecule has 0 bridgehead atoms. The Labute approximate surface area is 189 Å². The average molecular weight is 434 g/mol. The van der Waals surface area contributed by atoms with Crippen LogP contribution in [0.5, 0.6) is 0 Å². The van der Waals surface area contributed by atoms with Gasteiger partial charge in [0.2, 0.25) is 0 Å². The third kappa shape index (κ3) is 3.59. The van der Waals surface area contributed by atoms with E-state index in [0.29, 0.717) is 41.7 Å². The first kappa shape index (κ1) is 23.5. The number of oxime groups is 1. The van der Waals surface area contributed by atoms with E-state index in [4.69, 9.17) is 0 Å². The van der Waals surface area contributed by atoms with Crippen molar-refractivity contribution >= 4 is 5.71 Å². The first-order valence-electron chi connectivity index (χ1n) is 13.2. The van der Waals surface area contributed by atoms with Gasteiger partial charge in [-0.3, -0.25) is 0 Å². The highest BCUT2D eigenvalue weighted by molar-refractivity contribution is 5.94. The van der Waals surface area contributed by atoms with E-state index >= 15 is 0 Å². The van der Waals surface area contributed by atoms with Gasteiger partial charge in [-0.05, 0) is 85.9 Å². The highest BCUT2D eigenvalue weighted by Gasteiger charge is 2.67. The largest absolute Gasteiger partial charge is 0.411 e. The maximum Gasteiger partial charge on any atom is 0.114 e. The number of hydrogen-bond acceptors (Lipinski definition) is 4. The van der Waals surface area contributed by atoms with E-state index in [2.05, 4.69) is 39.8 Å². The fourth-order valence-corrected chi connectivity index (χ4v) is 9.19. The molecule has 4 heteroatoms. The Hall–Kier alpha value is -0.610. The van der Waals surface area contributed by atoms with Gasteiger partial charge in [0.05, 0.1) is 11.8 Å². The van der Waals surface area contributed by atoms with E-state index in [1.54, 1.807) is 0 Å². The van der Waals surface area contributed by atoms with Crippen LogP contribution in [-0.4, -0.2) is 32.8 Å². The van der Waals surface area contributed by atoms with E-state index in [-0.39, 0.29) is 5.41 Å². The first-order valence-corrected chi connectivity index (χ1v) is 13.2. The highest BCUT2D eigenvalue weighted by atomic mass is 16.4. The van der Waals surface area contributed by atoms with Crippen LogP contribution in [0, 0.1) is 46.3 Å². The van der Waals surface area contributed by atoms with Gasteiger partial charge >= 0.3 is 0 Å². The molecule has 4 fully saturated rings. The van der Waals surface area contributed by atoms with Gasteiger partial charge in [-0.2, -0.15) is 0 Å². The van der Waals surface area contributed by atoms with E-state index in [0.717, 1.165) is 30.6 Å². The van der Waals surface area contributed by atoms with Crippen LogP contribution < -0.4 is 0 Å². The van der Waals surface area contributed by atoms with Crippen LogP contribution in [0.3, 0.4) is 0 Å². The number of rotatable bonds is 5. The molecule has 3 N–H and O–H groups in total. The minimum atomic E-state index is -1.16. The fourth-order valence-electron chi connectivity index (χ4n) is 9.19. The summed E-state index contributed by atoms with van der Waals surface area (Å²) in [7, 11) is 0. The van der Waals surface area contributed by atoms with Crippen molar-refractivity contribution in [2.45, 2.75) is 117 Å². The zero-order chi connectivity index (χ0) is 22.6. The topological polar surface area (TPSA) is 73.1 Å². The number of hydrogen-bond donors (Lipinski definition) is 3. The Morgan fingerprint density at radius 2 is 1.74 bits per heavy atom. The molecule has 0 saturated heterocycles. The van der Waals surface area contributed by atoms with Crippen LogP contribution in [-0.2, 0) is 0 Å². The predicted molar refractivity (Wildman–Crippen MR) is 125 cm³/mol. The fraction of sp³-hybridized carbons (Fsp3) is 0.963. The number of aliphatic hydroxyl groups is 2. The molecule has 0 radical (unpaired) electrons. The van der Waals surface area contributed by atoms with Crippen LogP contribution in [0.25, 0.3) is 0 Å². The Balaban J connectivity index is 1.57. The standard InChI is InChI=1S/C27H47NO3/c1-17(2)7-6-8-18(3)21-9-10-22-20-15-24(28-31)27(30)16-19(29)11-14-26(27,5)23(20)12-13-25(21,22)4/h17-23,29-31H,6-16H2,1-5H3/b28-24-/t18-,19+,20+,21-,22+,23+,25-,26-,27-/m1/s1. The van der Waals surface area contributed by atoms with Crippen molar-refractivity contribution in [3.63, 3.8) is 0 Å². The Bertz CT molecular complexity index is 692. The monoisotopic (exact) mass is 433 g/mol. The Morgan fingerprint density at radius 3 is 2.42 bits per heavy atom. The van der Waals surface area contributed by atoms with E-state index in [9.17, 15) is 15.4 Å². The molecule has 178 valence electrons. The molecule has 0 heterocycles. The van der Waals surface area contributed by atoms with E-state index in [1.165, 1.54) is 44.9 Å². The molecule has 0 unspecified atom stereocenters. The third-order valence-electron chi connectivity index (χ3n) is 11.0. The van der Waals surface area contributed by atoms with Crippen molar-refractivity contribution < 1.29 is 15.4 Å². The summed E-state index contributed by atoms with van der Waals surface area (Å²) < 4.78 is 0. The maximum absolute atomic E-state index is 11.8. The van der Waals surface area contributed by atoms with Crippen LogP contribution in [0.1, 0.15) is 105 Å². The van der Waals surface area contributed by atoms with Crippen molar-refractivity contribution in [1.29, 1.82) is 0 Å². The highest BCUT2D eigenvalue weighted by Crippen LogP contribution is 2.68. The van der Waals surface area contributed by atoms with Gasteiger partial charge in [0, 0.05) is 11.8 Å². The molecule has 4 aliphatic carbocycles. The smallest absolute Gasteiger partial charge is 0.114 e. The number of fused-ring (bicyclic) bond motifs is 5. The molecule has 0 amide bonds. The van der Waals surface area contributed by atoms with Crippen LogP contribution in [0.4, 0.5) is 0 Å². The van der Waals surface area contributed by atoms with Crippen molar-refractivity contribution in [1.82, 2.24) is 0 Å². The van der Waals surface area contributed by atoms with Gasteiger partial charge in [0.25, 0.3) is 0 Å². The summed E-state index contributed by atoms with van der Waals surface area (Å²) in [6.45, 7) is 11.9. The molecule has 4 aliphatic rings. The molecular formula is C27H47NO3. The molecule has 4 nitrogen and oxygen atoms in total. The Kier molecular flexibility index (Phi) is 6.31. The molecule has 0 aromatic rings. The van der Waals surface area contributed by atoms with Crippen molar-refractivity contribution in [2.24, 2.45) is 51.5 Å². The lowest BCUT2D eigenvalue weighted by Gasteiger charge is -2.63. The van der Waals surface area contributed by atoms with Gasteiger partial charge in [0.15, 0.2) is 0 Å². The second kappa shape index (κ2) is 8.31. The third-order valence-corrected chi connectivity index (χ3v) is 11.0. The van der Waals surface area contributed by atoms with E-state index in [1.807, 2.05) is 0 Å². The lowest BCUT2D eigenvalue weighted by Crippen LogP contribution is -2.67. The summed E-state index contributed by atoms with van der Waals surface area (Å²) in [5.41, 5.74) is -0.526. The summed E-state index contributed by atoms with van der Waals surface area (Å²) in [5, 5.41) is 35.7. The van der Waals surface area contributed by atoms with Crippen LogP contribution >= 0.6 is 0 Å². The number of aliphatic hydroxyl groups excluding tert-OH is 1.